The van der Waals surface area contributed by atoms with Gasteiger partial charge in [-0.05, 0) is 29.8 Å². The van der Waals surface area contributed by atoms with Crippen molar-refractivity contribution in [3.63, 3.8) is 0 Å². The standard InChI is InChI=1S/C17H18ClNO3/c1-19(11-13-6-4-5-7-14(13)18)17(20)12-8-9-15(21-2)16(10-12)22-3/h4-10H,11H2,1-3H3. The van der Waals surface area contributed by atoms with Gasteiger partial charge in [0.2, 0.25) is 0 Å². The maximum absolute atomic E-state index is 12.5. The van der Waals surface area contributed by atoms with E-state index >= 15 is 0 Å². The number of rotatable bonds is 5. The predicted octanol–water partition coefficient (Wildman–Crippen LogP) is 3.63. The molecule has 5 heteroatoms. The zero-order valence-electron chi connectivity index (χ0n) is 12.8. The van der Waals surface area contributed by atoms with Gasteiger partial charge in [-0.15, -0.1) is 0 Å². The Bertz CT molecular complexity index is 673. The van der Waals surface area contributed by atoms with Gasteiger partial charge in [0, 0.05) is 24.2 Å². The van der Waals surface area contributed by atoms with E-state index in [0.717, 1.165) is 5.56 Å². The molecule has 0 fully saturated rings. The Morgan fingerprint density at radius 3 is 2.41 bits per heavy atom. The van der Waals surface area contributed by atoms with Crippen LogP contribution < -0.4 is 9.47 Å². The van der Waals surface area contributed by atoms with Crippen LogP contribution in [0.1, 0.15) is 15.9 Å². The van der Waals surface area contributed by atoms with Crippen LogP contribution in [0.2, 0.25) is 5.02 Å². The molecule has 0 aliphatic carbocycles. The molecule has 0 bridgehead atoms. The highest BCUT2D eigenvalue weighted by Crippen LogP contribution is 2.28. The molecule has 0 unspecified atom stereocenters. The molecule has 0 saturated heterocycles. The summed E-state index contributed by atoms with van der Waals surface area (Å²) in [6, 6.07) is 12.6. The molecule has 0 spiro atoms. The van der Waals surface area contributed by atoms with Gasteiger partial charge in [0.15, 0.2) is 11.5 Å². The number of amides is 1. The number of nitrogens with zero attached hydrogens (tertiary/aromatic N) is 1. The number of methoxy groups -OCH3 is 2. The van der Waals surface area contributed by atoms with Crippen molar-refractivity contribution in [1.82, 2.24) is 4.90 Å². The smallest absolute Gasteiger partial charge is 0.254 e. The summed E-state index contributed by atoms with van der Waals surface area (Å²) < 4.78 is 10.4. The van der Waals surface area contributed by atoms with E-state index in [-0.39, 0.29) is 5.91 Å². The van der Waals surface area contributed by atoms with Gasteiger partial charge in [-0.25, -0.2) is 0 Å². The van der Waals surface area contributed by atoms with Gasteiger partial charge in [0.25, 0.3) is 5.91 Å². The topological polar surface area (TPSA) is 38.8 Å². The molecule has 116 valence electrons. The lowest BCUT2D eigenvalue weighted by atomic mass is 10.1. The molecule has 4 nitrogen and oxygen atoms in total. The van der Waals surface area contributed by atoms with Crippen LogP contribution in [0.5, 0.6) is 11.5 Å². The zero-order valence-corrected chi connectivity index (χ0v) is 13.6. The quantitative estimate of drug-likeness (QED) is 0.844. The maximum atomic E-state index is 12.5. The molecule has 2 aromatic carbocycles. The van der Waals surface area contributed by atoms with Crippen molar-refractivity contribution < 1.29 is 14.3 Å². The molecule has 1 amide bonds. The largest absolute Gasteiger partial charge is 0.493 e. The normalized spacial score (nSPS) is 10.2. The third-order valence-corrected chi connectivity index (χ3v) is 3.71. The second kappa shape index (κ2) is 7.18. The lowest BCUT2D eigenvalue weighted by Crippen LogP contribution is -2.26. The van der Waals surface area contributed by atoms with Crippen LogP contribution >= 0.6 is 11.6 Å². The van der Waals surface area contributed by atoms with Crippen molar-refractivity contribution >= 4 is 17.5 Å². The SMILES string of the molecule is COc1ccc(C(=O)N(C)Cc2ccccc2Cl)cc1OC. The first-order chi connectivity index (χ1) is 10.6. The summed E-state index contributed by atoms with van der Waals surface area (Å²) >= 11 is 6.13. The van der Waals surface area contributed by atoms with Crippen molar-refractivity contribution in [2.45, 2.75) is 6.54 Å². The molecule has 0 aliphatic rings. The van der Waals surface area contributed by atoms with Gasteiger partial charge in [-0.2, -0.15) is 0 Å². The Labute approximate surface area is 135 Å². The van der Waals surface area contributed by atoms with Gasteiger partial charge in [0.1, 0.15) is 0 Å². The summed E-state index contributed by atoms with van der Waals surface area (Å²) in [6.07, 6.45) is 0. The number of hydrogen-bond donors (Lipinski definition) is 0. The van der Waals surface area contributed by atoms with Crippen LogP contribution in [0, 0.1) is 0 Å². The number of hydrogen-bond acceptors (Lipinski definition) is 3. The lowest BCUT2D eigenvalue weighted by Gasteiger charge is -2.19. The van der Waals surface area contributed by atoms with Crippen molar-refractivity contribution in [2.24, 2.45) is 0 Å². The van der Waals surface area contributed by atoms with Crippen molar-refractivity contribution in [3.8, 4) is 11.5 Å². The first-order valence-electron chi connectivity index (χ1n) is 6.77. The Hall–Kier alpha value is -2.20. The van der Waals surface area contributed by atoms with Crippen LogP contribution in [0.4, 0.5) is 0 Å². The Kier molecular flexibility index (Phi) is 5.28. The van der Waals surface area contributed by atoms with E-state index in [9.17, 15) is 4.79 Å². The van der Waals surface area contributed by atoms with Crippen molar-refractivity contribution in [1.29, 1.82) is 0 Å². The Morgan fingerprint density at radius 2 is 1.77 bits per heavy atom. The van der Waals surface area contributed by atoms with E-state index < -0.39 is 0 Å². The van der Waals surface area contributed by atoms with Gasteiger partial charge in [-0.3, -0.25) is 4.79 Å². The molecule has 2 aromatic rings. The number of benzene rings is 2. The summed E-state index contributed by atoms with van der Waals surface area (Å²) in [5.74, 6) is 1.01. The van der Waals surface area contributed by atoms with E-state index in [0.29, 0.717) is 28.6 Å². The van der Waals surface area contributed by atoms with E-state index in [1.807, 2.05) is 24.3 Å². The fourth-order valence-electron chi connectivity index (χ4n) is 2.14. The van der Waals surface area contributed by atoms with Crippen LogP contribution in [-0.2, 0) is 6.54 Å². The van der Waals surface area contributed by atoms with Crippen molar-refractivity contribution in [2.75, 3.05) is 21.3 Å². The fourth-order valence-corrected chi connectivity index (χ4v) is 2.34. The molecule has 0 heterocycles. The number of halogens is 1. The molecule has 0 aliphatic heterocycles. The van der Waals surface area contributed by atoms with E-state index in [1.165, 1.54) is 0 Å². The second-order valence-corrected chi connectivity index (χ2v) is 5.23. The molecular weight excluding hydrogens is 302 g/mol. The summed E-state index contributed by atoms with van der Waals surface area (Å²) in [5.41, 5.74) is 1.44. The highest BCUT2D eigenvalue weighted by molar-refractivity contribution is 6.31. The van der Waals surface area contributed by atoms with Crippen LogP contribution in [0.25, 0.3) is 0 Å². The number of ether oxygens (including phenoxy) is 2. The van der Waals surface area contributed by atoms with Gasteiger partial charge in [-0.1, -0.05) is 29.8 Å². The third-order valence-electron chi connectivity index (χ3n) is 3.34. The summed E-state index contributed by atoms with van der Waals surface area (Å²) in [4.78, 5) is 14.1. The first kappa shape index (κ1) is 16.2. The van der Waals surface area contributed by atoms with Gasteiger partial charge >= 0.3 is 0 Å². The number of carbonyl (C=O) groups is 1. The molecule has 0 N–H and O–H groups in total. The predicted molar refractivity (Wildman–Crippen MR) is 86.8 cm³/mol. The molecule has 0 saturated carbocycles. The third kappa shape index (κ3) is 3.52. The molecular formula is C17H18ClNO3. The summed E-state index contributed by atoms with van der Waals surface area (Å²) in [5, 5.41) is 0.648. The van der Waals surface area contributed by atoms with Crippen LogP contribution in [-0.4, -0.2) is 32.1 Å². The fraction of sp³-hybridized carbons (Fsp3) is 0.235. The number of carbonyl (C=O) groups excluding carboxylic acids is 1. The van der Waals surface area contributed by atoms with Crippen molar-refractivity contribution in [3.05, 3.63) is 58.6 Å². The molecule has 2 rings (SSSR count). The van der Waals surface area contributed by atoms with E-state index in [2.05, 4.69) is 0 Å². The van der Waals surface area contributed by atoms with Crippen LogP contribution in [0.3, 0.4) is 0 Å². The minimum atomic E-state index is -0.110. The Balaban J connectivity index is 2.19. The first-order valence-corrected chi connectivity index (χ1v) is 7.15. The van der Waals surface area contributed by atoms with Gasteiger partial charge in [0.05, 0.1) is 14.2 Å². The average molecular weight is 320 g/mol. The molecule has 22 heavy (non-hydrogen) atoms. The molecule has 0 radical (unpaired) electrons. The highest BCUT2D eigenvalue weighted by atomic mass is 35.5. The average Bonchev–Trinajstić information content (AvgIpc) is 2.55. The maximum Gasteiger partial charge on any atom is 0.254 e. The van der Waals surface area contributed by atoms with E-state index in [1.54, 1.807) is 44.4 Å². The summed E-state index contributed by atoms with van der Waals surface area (Å²) in [7, 11) is 4.84. The van der Waals surface area contributed by atoms with Crippen LogP contribution in [0.15, 0.2) is 42.5 Å². The second-order valence-electron chi connectivity index (χ2n) is 4.82. The lowest BCUT2D eigenvalue weighted by molar-refractivity contribution is 0.0784. The monoisotopic (exact) mass is 319 g/mol. The minimum Gasteiger partial charge on any atom is -0.493 e. The van der Waals surface area contributed by atoms with E-state index in [4.69, 9.17) is 21.1 Å². The minimum absolute atomic E-state index is 0.110. The summed E-state index contributed by atoms with van der Waals surface area (Å²) in [6.45, 7) is 0.437. The highest BCUT2D eigenvalue weighted by Gasteiger charge is 2.15. The molecule has 0 aromatic heterocycles. The zero-order chi connectivity index (χ0) is 16.1. The Morgan fingerprint density at radius 1 is 1.09 bits per heavy atom. The molecule has 0 atom stereocenters. The van der Waals surface area contributed by atoms with Gasteiger partial charge < -0.3 is 14.4 Å².